The Hall–Kier alpha value is -2.00. The first-order valence-electron chi connectivity index (χ1n) is 6.82. The Kier molecular flexibility index (Phi) is 4.64. The van der Waals surface area contributed by atoms with Gasteiger partial charge in [-0.15, -0.1) is 0 Å². The van der Waals surface area contributed by atoms with Crippen molar-refractivity contribution in [1.29, 1.82) is 0 Å². The largest absolute Gasteiger partial charge is 0.497 e. The van der Waals surface area contributed by atoms with E-state index in [1.807, 2.05) is 12.1 Å². The number of rotatable bonds is 5. The van der Waals surface area contributed by atoms with Gasteiger partial charge >= 0.3 is 0 Å². The lowest BCUT2D eigenvalue weighted by atomic mass is 10.0. The van der Waals surface area contributed by atoms with Crippen LogP contribution in [-0.4, -0.2) is 13.7 Å². The molecular formula is C17H22N2O. The maximum Gasteiger partial charge on any atom is 0.118 e. The second kappa shape index (κ2) is 6.44. The molecule has 0 aromatic heterocycles. The molecule has 0 bridgehead atoms. The summed E-state index contributed by atoms with van der Waals surface area (Å²) in [5.74, 6) is 0.858. The van der Waals surface area contributed by atoms with E-state index in [-0.39, 0.29) is 6.04 Å². The highest BCUT2D eigenvalue weighted by atomic mass is 16.5. The molecule has 1 unspecified atom stereocenters. The normalized spacial score (nSPS) is 12.0. The number of anilines is 1. The van der Waals surface area contributed by atoms with Crippen LogP contribution in [0.15, 0.2) is 42.5 Å². The molecule has 0 saturated heterocycles. The molecule has 3 N–H and O–H groups in total. The molecule has 2 aromatic carbocycles. The number of benzene rings is 2. The van der Waals surface area contributed by atoms with Gasteiger partial charge in [-0.3, -0.25) is 0 Å². The van der Waals surface area contributed by atoms with Crippen molar-refractivity contribution in [2.75, 3.05) is 19.0 Å². The van der Waals surface area contributed by atoms with Gasteiger partial charge in [-0.2, -0.15) is 0 Å². The molecule has 3 nitrogen and oxygen atoms in total. The molecule has 0 saturated carbocycles. The Morgan fingerprint density at radius 1 is 1.10 bits per heavy atom. The summed E-state index contributed by atoms with van der Waals surface area (Å²) in [5, 5.41) is 3.53. The Balaban J connectivity index is 2.21. The van der Waals surface area contributed by atoms with Gasteiger partial charge in [0.05, 0.1) is 13.2 Å². The van der Waals surface area contributed by atoms with Gasteiger partial charge in [-0.25, -0.2) is 0 Å². The zero-order valence-corrected chi connectivity index (χ0v) is 12.3. The fraction of sp³-hybridized carbons (Fsp3) is 0.294. The molecule has 106 valence electrons. The fourth-order valence-corrected chi connectivity index (χ4v) is 2.19. The van der Waals surface area contributed by atoms with Crippen molar-refractivity contribution >= 4 is 5.69 Å². The Labute approximate surface area is 120 Å². The standard InChI is InChI=1S/C17H22N2O/c1-12-4-5-13(2)16(10-12)19-17(11-18)14-6-8-15(20-3)9-7-14/h4-10,17,19H,11,18H2,1-3H3. The van der Waals surface area contributed by atoms with E-state index in [4.69, 9.17) is 10.5 Å². The topological polar surface area (TPSA) is 47.3 Å². The molecule has 0 aliphatic rings. The lowest BCUT2D eigenvalue weighted by Gasteiger charge is -2.20. The summed E-state index contributed by atoms with van der Waals surface area (Å²) in [7, 11) is 1.67. The first-order chi connectivity index (χ1) is 9.63. The smallest absolute Gasteiger partial charge is 0.118 e. The van der Waals surface area contributed by atoms with Crippen LogP contribution in [0.5, 0.6) is 5.75 Å². The third-order valence-corrected chi connectivity index (χ3v) is 3.48. The zero-order valence-electron chi connectivity index (χ0n) is 12.3. The predicted molar refractivity (Wildman–Crippen MR) is 84.3 cm³/mol. The van der Waals surface area contributed by atoms with Crippen LogP contribution < -0.4 is 15.8 Å². The Bertz CT molecular complexity index is 564. The third-order valence-electron chi connectivity index (χ3n) is 3.48. The van der Waals surface area contributed by atoms with Crippen molar-refractivity contribution in [3.63, 3.8) is 0 Å². The maximum atomic E-state index is 5.92. The summed E-state index contributed by atoms with van der Waals surface area (Å²) >= 11 is 0. The van der Waals surface area contributed by atoms with Crippen LogP contribution in [-0.2, 0) is 0 Å². The second-order valence-electron chi connectivity index (χ2n) is 5.02. The highest BCUT2D eigenvalue weighted by molar-refractivity contribution is 5.54. The minimum absolute atomic E-state index is 0.0985. The van der Waals surface area contributed by atoms with E-state index in [2.05, 4.69) is 49.5 Å². The van der Waals surface area contributed by atoms with Crippen molar-refractivity contribution < 1.29 is 4.74 Å². The molecule has 0 amide bonds. The van der Waals surface area contributed by atoms with Crippen LogP contribution >= 0.6 is 0 Å². The fourth-order valence-electron chi connectivity index (χ4n) is 2.19. The number of aryl methyl sites for hydroxylation is 2. The summed E-state index contributed by atoms with van der Waals surface area (Å²) in [6.45, 7) is 4.73. The number of hydrogen-bond acceptors (Lipinski definition) is 3. The minimum atomic E-state index is 0.0985. The van der Waals surface area contributed by atoms with Gasteiger partial charge in [0, 0.05) is 12.2 Å². The Morgan fingerprint density at radius 2 is 1.80 bits per heavy atom. The summed E-state index contributed by atoms with van der Waals surface area (Å²) in [6.07, 6.45) is 0. The molecule has 0 aliphatic carbocycles. The van der Waals surface area contributed by atoms with Crippen molar-refractivity contribution in [3.8, 4) is 5.75 Å². The monoisotopic (exact) mass is 270 g/mol. The van der Waals surface area contributed by atoms with E-state index in [0.717, 1.165) is 17.0 Å². The van der Waals surface area contributed by atoms with Gasteiger partial charge in [0.2, 0.25) is 0 Å². The van der Waals surface area contributed by atoms with Crippen LogP contribution in [0.3, 0.4) is 0 Å². The molecule has 0 fully saturated rings. The lowest BCUT2D eigenvalue weighted by Crippen LogP contribution is -2.21. The van der Waals surface area contributed by atoms with Gasteiger partial charge in [-0.1, -0.05) is 24.3 Å². The van der Waals surface area contributed by atoms with Crippen LogP contribution in [0.1, 0.15) is 22.7 Å². The number of nitrogens with one attached hydrogen (secondary N) is 1. The average Bonchev–Trinajstić information content (AvgIpc) is 2.48. The van der Waals surface area contributed by atoms with E-state index < -0.39 is 0 Å². The molecule has 3 heteroatoms. The lowest BCUT2D eigenvalue weighted by molar-refractivity contribution is 0.414. The van der Waals surface area contributed by atoms with Crippen LogP contribution in [0.2, 0.25) is 0 Å². The average molecular weight is 270 g/mol. The number of hydrogen-bond donors (Lipinski definition) is 2. The van der Waals surface area contributed by atoms with Crippen molar-refractivity contribution in [2.24, 2.45) is 5.73 Å². The predicted octanol–water partition coefficient (Wildman–Crippen LogP) is 3.42. The van der Waals surface area contributed by atoms with E-state index in [0.29, 0.717) is 6.54 Å². The molecular weight excluding hydrogens is 248 g/mol. The van der Waals surface area contributed by atoms with Gasteiger partial charge in [-0.05, 0) is 48.7 Å². The number of nitrogens with two attached hydrogens (primary N) is 1. The summed E-state index contributed by atoms with van der Waals surface area (Å²) in [4.78, 5) is 0. The van der Waals surface area contributed by atoms with E-state index in [1.54, 1.807) is 7.11 Å². The SMILES string of the molecule is COc1ccc(C(CN)Nc2cc(C)ccc2C)cc1. The highest BCUT2D eigenvalue weighted by Gasteiger charge is 2.11. The Morgan fingerprint density at radius 3 is 2.40 bits per heavy atom. The van der Waals surface area contributed by atoms with E-state index in [9.17, 15) is 0 Å². The van der Waals surface area contributed by atoms with Crippen LogP contribution in [0.4, 0.5) is 5.69 Å². The van der Waals surface area contributed by atoms with Crippen LogP contribution in [0, 0.1) is 13.8 Å². The first kappa shape index (κ1) is 14.4. The molecule has 0 radical (unpaired) electrons. The van der Waals surface area contributed by atoms with Crippen molar-refractivity contribution in [2.45, 2.75) is 19.9 Å². The van der Waals surface area contributed by atoms with Crippen molar-refractivity contribution in [1.82, 2.24) is 0 Å². The van der Waals surface area contributed by atoms with E-state index >= 15 is 0 Å². The summed E-state index contributed by atoms with van der Waals surface area (Å²) < 4.78 is 5.18. The third kappa shape index (κ3) is 3.31. The number of ether oxygens (including phenoxy) is 1. The quantitative estimate of drug-likeness (QED) is 0.875. The molecule has 2 aromatic rings. The molecule has 0 heterocycles. The molecule has 1 atom stereocenters. The molecule has 0 spiro atoms. The van der Waals surface area contributed by atoms with Gasteiger partial charge in [0.25, 0.3) is 0 Å². The summed E-state index contributed by atoms with van der Waals surface area (Å²) in [6, 6.07) is 14.5. The minimum Gasteiger partial charge on any atom is -0.497 e. The molecule has 20 heavy (non-hydrogen) atoms. The van der Waals surface area contributed by atoms with E-state index in [1.165, 1.54) is 11.1 Å². The van der Waals surface area contributed by atoms with Gasteiger partial charge < -0.3 is 15.8 Å². The summed E-state index contributed by atoms with van der Waals surface area (Å²) in [5.41, 5.74) is 10.7. The van der Waals surface area contributed by atoms with Gasteiger partial charge in [0.15, 0.2) is 0 Å². The molecule has 0 aliphatic heterocycles. The second-order valence-corrected chi connectivity index (χ2v) is 5.02. The zero-order chi connectivity index (χ0) is 14.5. The van der Waals surface area contributed by atoms with Crippen LogP contribution in [0.25, 0.3) is 0 Å². The van der Waals surface area contributed by atoms with Gasteiger partial charge in [0.1, 0.15) is 5.75 Å². The molecule has 2 rings (SSSR count). The number of methoxy groups -OCH3 is 1. The maximum absolute atomic E-state index is 5.92. The highest BCUT2D eigenvalue weighted by Crippen LogP contribution is 2.24. The first-order valence-corrected chi connectivity index (χ1v) is 6.82. The van der Waals surface area contributed by atoms with Crippen molar-refractivity contribution in [3.05, 3.63) is 59.2 Å².